The van der Waals surface area contributed by atoms with Crippen LogP contribution in [-0.4, -0.2) is 39.7 Å². The lowest BCUT2D eigenvalue weighted by molar-refractivity contribution is 0.112. The summed E-state index contributed by atoms with van der Waals surface area (Å²) in [6.45, 7) is 6.65. The molecule has 4 heteroatoms. The summed E-state index contributed by atoms with van der Waals surface area (Å²) in [5, 5.41) is 0. The van der Waals surface area contributed by atoms with Gasteiger partial charge >= 0.3 is 0 Å². The molecule has 0 bridgehead atoms. The minimum Gasteiger partial charge on any atom is -0.303 e. The van der Waals surface area contributed by atoms with Gasteiger partial charge in [0.1, 0.15) is 5.82 Å². The molecule has 0 amide bonds. The van der Waals surface area contributed by atoms with Crippen LogP contribution < -0.4 is 0 Å². The Balaban J connectivity index is 1.96. The molecule has 1 unspecified atom stereocenters. The van der Waals surface area contributed by atoms with Crippen molar-refractivity contribution in [2.24, 2.45) is 0 Å². The van der Waals surface area contributed by atoms with Crippen LogP contribution >= 0.6 is 0 Å². The topological polar surface area (TPSA) is 37.6 Å². The summed E-state index contributed by atoms with van der Waals surface area (Å²) in [5.41, 5.74) is 1.62. The first-order valence-corrected chi connectivity index (χ1v) is 6.86. The summed E-state index contributed by atoms with van der Waals surface area (Å²) >= 11 is 0. The molecule has 0 aromatic carbocycles. The molecule has 2 aromatic rings. The van der Waals surface area contributed by atoms with Crippen molar-refractivity contribution in [3.05, 3.63) is 35.9 Å². The molecule has 1 saturated heterocycles. The summed E-state index contributed by atoms with van der Waals surface area (Å²) in [6, 6.07) is 4.33. The second-order valence-corrected chi connectivity index (χ2v) is 5.53. The molecule has 4 nitrogen and oxygen atoms in total. The van der Waals surface area contributed by atoms with E-state index >= 15 is 0 Å². The standard InChI is InChI=1S/C15H19N3O/c1-11(2)17-7-5-12(9-17)15-16-8-14-13(10-19)4-3-6-18(14)15/h3-4,6,8,10-12H,5,7,9H2,1-2H3. The Bertz CT molecular complexity index is 602. The Kier molecular flexibility index (Phi) is 3.11. The van der Waals surface area contributed by atoms with Gasteiger partial charge in [-0.2, -0.15) is 0 Å². The van der Waals surface area contributed by atoms with Crippen molar-refractivity contribution < 1.29 is 4.79 Å². The fraction of sp³-hybridized carbons (Fsp3) is 0.467. The molecular weight excluding hydrogens is 238 g/mol. The number of fused-ring (bicyclic) bond motifs is 1. The number of pyridine rings is 1. The summed E-state index contributed by atoms with van der Waals surface area (Å²) in [6.07, 6.45) is 5.86. The van der Waals surface area contributed by atoms with Crippen molar-refractivity contribution in [3.63, 3.8) is 0 Å². The lowest BCUT2D eigenvalue weighted by Gasteiger charge is -2.19. The van der Waals surface area contributed by atoms with Gasteiger partial charge in [0.25, 0.3) is 0 Å². The monoisotopic (exact) mass is 257 g/mol. The smallest absolute Gasteiger partial charge is 0.152 e. The Hall–Kier alpha value is -1.68. The van der Waals surface area contributed by atoms with E-state index < -0.39 is 0 Å². The highest BCUT2D eigenvalue weighted by atomic mass is 16.1. The predicted molar refractivity (Wildman–Crippen MR) is 74.6 cm³/mol. The number of nitrogens with zero attached hydrogens (tertiary/aromatic N) is 3. The van der Waals surface area contributed by atoms with Gasteiger partial charge in [0, 0.05) is 30.3 Å². The lowest BCUT2D eigenvalue weighted by Crippen LogP contribution is -2.28. The van der Waals surface area contributed by atoms with Crippen LogP contribution in [0.25, 0.3) is 5.52 Å². The highest BCUT2D eigenvalue weighted by Gasteiger charge is 2.28. The number of carbonyl (C=O) groups is 1. The molecule has 0 radical (unpaired) electrons. The average Bonchev–Trinajstić information content (AvgIpc) is 3.04. The van der Waals surface area contributed by atoms with Crippen LogP contribution in [0.2, 0.25) is 0 Å². The first kappa shape index (κ1) is 12.4. The SMILES string of the molecule is CC(C)N1CCC(c2ncc3c(C=O)cccn23)C1. The minimum atomic E-state index is 0.465. The van der Waals surface area contributed by atoms with Crippen molar-refractivity contribution in [1.29, 1.82) is 0 Å². The maximum absolute atomic E-state index is 11.0. The number of imidazole rings is 1. The first-order chi connectivity index (χ1) is 9.20. The Morgan fingerprint density at radius 2 is 2.32 bits per heavy atom. The summed E-state index contributed by atoms with van der Waals surface area (Å²) in [7, 11) is 0. The number of carbonyl (C=O) groups excluding carboxylic acids is 1. The van der Waals surface area contributed by atoms with E-state index in [1.807, 2.05) is 24.5 Å². The van der Waals surface area contributed by atoms with Gasteiger partial charge < -0.3 is 9.30 Å². The fourth-order valence-corrected chi connectivity index (χ4v) is 2.93. The van der Waals surface area contributed by atoms with Gasteiger partial charge in [-0.25, -0.2) is 4.98 Å². The molecule has 0 aliphatic carbocycles. The molecule has 0 spiro atoms. The summed E-state index contributed by atoms with van der Waals surface area (Å²) in [4.78, 5) is 18.1. The van der Waals surface area contributed by atoms with E-state index in [-0.39, 0.29) is 0 Å². The second-order valence-electron chi connectivity index (χ2n) is 5.53. The van der Waals surface area contributed by atoms with Gasteiger partial charge in [0.05, 0.1) is 11.7 Å². The number of aromatic nitrogens is 2. The van der Waals surface area contributed by atoms with E-state index in [4.69, 9.17) is 0 Å². The molecule has 2 aromatic heterocycles. The quantitative estimate of drug-likeness (QED) is 0.792. The molecule has 19 heavy (non-hydrogen) atoms. The number of hydrogen-bond donors (Lipinski definition) is 0. The number of rotatable bonds is 3. The average molecular weight is 257 g/mol. The molecule has 3 heterocycles. The van der Waals surface area contributed by atoms with Crippen molar-refractivity contribution in [1.82, 2.24) is 14.3 Å². The Labute approximate surface area is 113 Å². The van der Waals surface area contributed by atoms with Gasteiger partial charge in [-0.15, -0.1) is 0 Å². The van der Waals surface area contributed by atoms with Crippen LogP contribution in [0, 0.1) is 0 Å². The van der Waals surface area contributed by atoms with E-state index in [0.29, 0.717) is 17.5 Å². The zero-order valence-electron chi connectivity index (χ0n) is 11.4. The highest BCUT2D eigenvalue weighted by Crippen LogP contribution is 2.28. The van der Waals surface area contributed by atoms with Crippen molar-refractivity contribution in [2.45, 2.75) is 32.2 Å². The summed E-state index contributed by atoms with van der Waals surface area (Å²) in [5.74, 6) is 1.55. The van der Waals surface area contributed by atoms with Gasteiger partial charge in [0.2, 0.25) is 0 Å². The third-order valence-corrected chi connectivity index (χ3v) is 4.07. The van der Waals surface area contributed by atoms with E-state index in [2.05, 4.69) is 28.1 Å². The molecule has 100 valence electrons. The first-order valence-electron chi connectivity index (χ1n) is 6.86. The fourth-order valence-electron chi connectivity index (χ4n) is 2.93. The predicted octanol–water partition coefficient (Wildman–Crippen LogP) is 2.34. The van der Waals surface area contributed by atoms with E-state index in [0.717, 1.165) is 37.1 Å². The van der Waals surface area contributed by atoms with Crippen LogP contribution in [0.4, 0.5) is 0 Å². The van der Waals surface area contributed by atoms with Gasteiger partial charge in [-0.1, -0.05) is 0 Å². The molecule has 1 fully saturated rings. The summed E-state index contributed by atoms with van der Waals surface area (Å²) < 4.78 is 2.07. The molecule has 3 rings (SSSR count). The minimum absolute atomic E-state index is 0.465. The van der Waals surface area contributed by atoms with E-state index in [1.165, 1.54) is 0 Å². The zero-order chi connectivity index (χ0) is 13.4. The zero-order valence-corrected chi connectivity index (χ0v) is 11.4. The molecule has 1 aliphatic heterocycles. The van der Waals surface area contributed by atoms with Gasteiger partial charge in [0.15, 0.2) is 6.29 Å². The van der Waals surface area contributed by atoms with Crippen LogP contribution in [0.5, 0.6) is 0 Å². The van der Waals surface area contributed by atoms with Crippen LogP contribution in [0.1, 0.15) is 42.4 Å². The van der Waals surface area contributed by atoms with Gasteiger partial charge in [-0.05, 0) is 38.9 Å². The van der Waals surface area contributed by atoms with Crippen LogP contribution in [-0.2, 0) is 0 Å². The van der Waals surface area contributed by atoms with Crippen molar-refractivity contribution in [3.8, 4) is 0 Å². The van der Waals surface area contributed by atoms with E-state index in [1.54, 1.807) is 0 Å². The highest BCUT2D eigenvalue weighted by molar-refractivity contribution is 5.85. The van der Waals surface area contributed by atoms with E-state index in [9.17, 15) is 4.79 Å². The normalized spacial score (nSPS) is 20.5. The second kappa shape index (κ2) is 4.78. The van der Waals surface area contributed by atoms with Crippen molar-refractivity contribution >= 4 is 11.8 Å². The van der Waals surface area contributed by atoms with Gasteiger partial charge in [-0.3, -0.25) is 4.79 Å². The van der Waals surface area contributed by atoms with Crippen LogP contribution in [0.15, 0.2) is 24.5 Å². The molecule has 0 N–H and O–H groups in total. The number of hydrogen-bond acceptors (Lipinski definition) is 3. The Morgan fingerprint density at radius 1 is 1.47 bits per heavy atom. The molecular formula is C15H19N3O. The largest absolute Gasteiger partial charge is 0.303 e. The maximum Gasteiger partial charge on any atom is 0.152 e. The third kappa shape index (κ3) is 2.06. The lowest BCUT2D eigenvalue weighted by atomic mass is 10.1. The number of aldehydes is 1. The molecule has 0 saturated carbocycles. The molecule has 1 aliphatic rings. The van der Waals surface area contributed by atoms with Crippen LogP contribution in [0.3, 0.4) is 0 Å². The van der Waals surface area contributed by atoms with Crippen molar-refractivity contribution in [2.75, 3.05) is 13.1 Å². The third-order valence-electron chi connectivity index (χ3n) is 4.07. The number of likely N-dealkylation sites (tertiary alicyclic amines) is 1. The molecule has 1 atom stereocenters. The maximum atomic E-state index is 11.0. The Morgan fingerprint density at radius 3 is 3.00 bits per heavy atom.